The lowest BCUT2D eigenvalue weighted by Crippen LogP contribution is -2.32. The van der Waals surface area contributed by atoms with E-state index in [2.05, 4.69) is 15.8 Å². The van der Waals surface area contributed by atoms with Gasteiger partial charge in [0.15, 0.2) is 0 Å². The van der Waals surface area contributed by atoms with Crippen molar-refractivity contribution in [3.05, 3.63) is 107 Å². The van der Waals surface area contributed by atoms with E-state index >= 15 is 0 Å². The smallest absolute Gasteiger partial charge is 0.287 e. The van der Waals surface area contributed by atoms with Gasteiger partial charge in [-0.1, -0.05) is 67.6 Å². The maximum absolute atomic E-state index is 12.9. The van der Waals surface area contributed by atoms with Crippen LogP contribution in [0.3, 0.4) is 0 Å². The van der Waals surface area contributed by atoms with Crippen LogP contribution >= 0.6 is 0 Å². The summed E-state index contributed by atoms with van der Waals surface area (Å²) < 4.78 is 0. The Kier molecular flexibility index (Phi) is 8.13. The van der Waals surface area contributed by atoms with Crippen molar-refractivity contribution in [1.82, 2.24) is 10.7 Å². The minimum atomic E-state index is -0.507. The van der Waals surface area contributed by atoms with Crippen LogP contribution in [-0.4, -0.2) is 32.1 Å². The molecule has 2 amide bonds. The molecule has 0 fully saturated rings. The summed E-state index contributed by atoms with van der Waals surface area (Å²) in [4.78, 5) is 27.6. The number of carbonyl (C=O) groups is 2. The summed E-state index contributed by atoms with van der Waals surface area (Å²) >= 11 is 0. The molecule has 0 bridgehead atoms. The van der Waals surface area contributed by atoms with Crippen molar-refractivity contribution >= 4 is 29.8 Å². The monoisotopic (exact) mass is 440 g/mol. The molecule has 3 rings (SSSR count). The first-order valence-corrected chi connectivity index (χ1v) is 10.7. The first-order valence-electron chi connectivity index (χ1n) is 10.7. The Bertz CT molecular complexity index is 1120. The molecule has 0 saturated heterocycles. The number of carbonyl (C=O) groups excluding carboxylic acids is 2. The highest BCUT2D eigenvalue weighted by molar-refractivity contribution is 6.05. The van der Waals surface area contributed by atoms with Crippen molar-refractivity contribution in [3.8, 4) is 0 Å². The molecule has 0 heterocycles. The Hall–Kier alpha value is -4.19. The Balaban J connectivity index is 1.78. The van der Waals surface area contributed by atoms with Gasteiger partial charge in [0.2, 0.25) is 0 Å². The number of nitrogens with zero attached hydrogens (tertiary/aromatic N) is 2. The highest BCUT2D eigenvalue weighted by Gasteiger charge is 2.14. The number of amides is 2. The minimum absolute atomic E-state index is 0.0245. The van der Waals surface area contributed by atoms with E-state index in [9.17, 15) is 9.59 Å². The van der Waals surface area contributed by atoms with Crippen molar-refractivity contribution in [2.75, 3.05) is 19.0 Å². The van der Waals surface area contributed by atoms with Crippen LogP contribution in [0.15, 0.2) is 95.7 Å². The Morgan fingerprint density at radius 1 is 0.879 bits per heavy atom. The highest BCUT2D eigenvalue weighted by atomic mass is 16.2. The van der Waals surface area contributed by atoms with E-state index < -0.39 is 5.91 Å². The molecule has 0 radical (unpaired) electrons. The number of nitrogens with one attached hydrogen (secondary N) is 2. The zero-order valence-corrected chi connectivity index (χ0v) is 19.0. The third-order valence-electron chi connectivity index (χ3n) is 5.04. The molecule has 1 unspecified atom stereocenters. The zero-order valence-electron chi connectivity index (χ0n) is 19.0. The van der Waals surface area contributed by atoms with Gasteiger partial charge in [0.05, 0.1) is 0 Å². The highest BCUT2D eigenvalue weighted by Crippen LogP contribution is 2.15. The Morgan fingerprint density at radius 2 is 1.48 bits per heavy atom. The first-order chi connectivity index (χ1) is 15.9. The summed E-state index contributed by atoms with van der Waals surface area (Å²) in [5.41, 5.74) is 5.99. The summed E-state index contributed by atoms with van der Waals surface area (Å²) in [6, 6.07) is 26.3. The van der Waals surface area contributed by atoms with Gasteiger partial charge in [0.25, 0.3) is 11.8 Å². The molecule has 2 N–H and O–H groups in total. The number of hydrazone groups is 1. The van der Waals surface area contributed by atoms with Crippen LogP contribution in [0.4, 0.5) is 5.69 Å². The summed E-state index contributed by atoms with van der Waals surface area (Å²) in [6.07, 6.45) is 3.29. The normalized spacial score (nSPS) is 12.3. The molecule has 6 heteroatoms. The van der Waals surface area contributed by atoms with Crippen molar-refractivity contribution in [1.29, 1.82) is 0 Å². The van der Waals surface area contributed by atoms with Gasteiger partial charge in [-0.15, -0.1) is 0 Å². The standard InChI is InChI=1S/C27H28N4O2/c1-20(22-10-6-4-7-11-22)19-28-30-27(33)25(29-26(32)23-12-8-5-9-13-23)18-21-14-16-24(17-15-21)31(2)3/h4-20H,1-3H3,(H,29,32)(H,30,33)/b25-18+,28-19+. The maximum atomic E-state index is 12.9. The van der Waals surface area contributed by atoms with Crippen LogP contribution in [0.1, 0.15) is 34.3 Å². The molecule has 3 aromatic carbocycles. The largest absolute Gasteiger partial charge is 0.378 e. The lowest BCUT2D eigenvalue weighted by molar-refractivity contribution is -0.117. The molecule has 0 saturated carbocycles. The Labute approximate surface area is 194 Å². The van der Waals surface area contributed by atoms with Crippen LogP contribution in [0.5, 0.6) is 0 Å². The average Bonchev–Trinajstić information content (AvgIpc) is 2.84. The Morgan fingerprint density at radius 3 is 2.09 bits per heavy atom. The third-order valence-corrected chi connectivity index (χ3v) is 5.04. The molecular weight excluding hydrogens is 412 g/mol. The van der Waals surface area contributed by atoms with E-state index in [0.717, 1.165) is 16.8 Å². The predicted molar refractivity (Wildman–Crippen MR) is 134 cm³/mol. The van der Waals surface area contributed by atoms with E-state index in [4.69, 9.17) is 0 Å². The van der Waals surface area contributed by atoms with Gasteiger partial charge in [-0.25, -0.2) is 5.43 Å². The van der Waals surface area contributed by atoms with Crippen LogP contribution in [0, 0.1) is 0 Å². The predicted octanol–water partition coefficient (Wildman–Crippen LogP) is 4.43. The number of hydrogen-bond acceptors (Lipinski definition) is 4. The second kappa shape index (κ2) is 11.4. The quantitative estimate of drug-likeness (QED) is 0.309. The van der Waals surface area contributed by atoms with Gasteiger partial charge in [-0.05, 0) is 41.5 Å². The van der Waals surface area contributed by atoms with Crippen molar-refractivity contribution in [2.45, 2.75) is 12.8 Å². The number of hydrogen-bond donors (Lipinski definition) is 2. The van der Waals surface area contributed by atoms with E-state index in [-0.39, 0.29) is 17.5 Å². The van der Waals surface area contributed by atoms with E-state index in [1.165, 1.54) is 0 Å². The van der Waals surface area contributed by atoms with E-state index in [1.54, 1.807) is 36.6 Å². The second-order valence-electron chi connectivity index (χ2n) is 7.78. The zero-order chi connectivity index (χ0) is 23.6. The molecule has 3 aromatic rings. The third kappa shape index (κ3) is 6.90. The van der Waals surface area contributed by atoms with E-state index in [0.29, 0.717) is 5.56 Å². The van der Waals surface area contributed by atoms with Gasteiger partial charge in [0.1, 0.15) is 5.70 Å². The molecule has 0 aliphatic heterocycles. The van der Waals surface area contributed by atoms with Gasteiger partial charge >= 0.3 is 0 Å². The van der Waals surface area contributed by atoms with Gasteiger partial charge in [-0.3, -0.25) is 9.59 Å². The second-order valence-corrected chi connectivity index (χ2v) is 7.78. The average molecular weight is 441 g/mol. The lowest BCUT2D eigenvalue weighted by atomic mass is 10.0. The molecule has 1 atom stereocenters. The molecule has 6 nitrogen and oxygen atoms in total. The minimum Gasteiger partial charge on any atom is -0.378 e. The molecule has 0 aromatic heterocycles. The first kappa shape index (κ1) is 23.5. The number of rotatable bonds is 8. The maximum Gasteiger partial charge on any atom is 0.287 e. The topological polar surface area (TPSA) is 73.8 Å². The molecular formula is C27H28N4O2. The lowest BCUT2D eigenvalue weighted by Gasteiger charge is -2.13. The summed E-state index contributed by atoms with van der Waals surface area (Å²) in [5, 5.41) is 6.82. The van der Waals surface area contributed by atoms with Crippen molar-refractivity contribution in [3.63, 3.8) is 0 Å². The van der Waals surface area contributed by atoms with Crippen LogP contribution in [-0.2, 0) is 4.79 Å². The molecule has 33 heavy (non-hydrogen) atoms. The fourth-order valence-corrected chi connectivity index (χ4v) is 3.09. The molecule has 0 spiro atoms. The number of anilines is 1. The molecule has 0 aliphatic carbocycles. The van der Waals surface area contributed by atoms with Gasteiger partial charge < -0.3 is 10.2 Å². The fraction of sp³-hybridized carbons (Fsp3) is 0.148. The van der Waals surface area contributed by atoms with Crippen molar-refractivity contribution in [2.24, 2.45) is 5.10 Å². The summed E-state index contributed by atoms with van der Waals surface area (Å²) in [6.45, 7) is 1.99. The summed E-state index contributed by atoms with van der Waals surface area (Å²) in [7, 11) is 3.91. The molecule has 168 valence electrons. The summed E-state index contributed by atoms with van der Waals surface area (Å²) in [5.74, 6) is -0.854. The number of benzene rings is 3. The fourth-order valence-electron chi connectivity index (χ4n) is 3.09. The van der Waals surface area contributed by atoms with Crippen LogP contribution in [0.25, 0.3) is 6.08 Å². The molecule has 0 aliphatic rings. The van der Waals surface area contributed by atoms with E-state index in [1.807, 2.05) is 86.6 Å². The van der Waals surface area contributed by atoms with Gasteiger partial charge in [-0.2, -0.15) is 5.10 Å². The van der Waals surface area contributed by atoms with Gasteiger partial charge in [0, 0.05) is 37.5 Å². The SMILES string of the molecule is CC(/C=N/NC(=O)/C(=C\c1ccc(N(C)C)cc1)NC(=O)c1ccccc1)c1ccccc1. The van der Waals surface area contributed by atoms with Crippen LogP contribution in [0.2, 0.25) is 0 Å². The van der Waals surface area contributed by atoms with Crippen LogP contribution < -0.4 is 15.6 Å². The van der Waals surface area contributed by atoms with Crippen molar-refractivity contribution < 1.29 is 9.59 Å².